The van der Waals surface area contributed by atoms with Gasteiger partial charge in [-0.3, -0.25) is 9.48 Å². The van der Waals surface area contributed by atoms with Gasteiger partial charge in [0.15, 0.2) is 5.78 Å². The molecule has 1 aromatic rings. The molecule has 15 heavy (non-hydrogen) atoms. The largest absolute Gasteiger partial charge is 0.383 e. The second kappa shape index (κ2) is 5.68. The Hall–Kier alpha value is -1.13. The molecule has 82 valence electrons. The van der Waals surface area contributed by atoms with Gasteiger partial charge < -0.3 is 4.74 Å². The third-order valence-corrected chi connectivity index (χ3v) is 2.17. The lowest BCUT2D eigenvalue weighted by molar-refractivity contribution is 0.0982. The highest BCUT2D eigenvalue weighted by molar-refractivity contribution is 6.33. The number of rotatable bonds is 6. The first-order valence-electron chi connectivity index (χ1n) is 4.55. The predicted octanol–water partition coefficient (Wildman–Crippen LogP) is 1.94. The number of halogens is 1. The molecule has 0 radical (unpaired) electrons. The minimum Gasteiger partial charge on any atom is -0.383 e. The van der Waals surface area contributed by atoms with Crippen LogP contribution in [0.15, 0.2) is 18.9 Å². The van der Waals surface area contributed by atoms with Crippen LogP contribution in [0.1, 0.15) is 16.9 Å². The van der Waals surface area contributed by atoms with Crippen molar-refractivity contribution in [2.75, 3.05) is 13.7 Å². The van der Waals surface area contributed by atoms with Crippen molar-refractivity contribution in [1.29, 1.82) is 0 Å². The van der Waals surface area contributed by atoms with E-state index in [1.165, 1.54) is 6.20 Å². The minimum absolute atomic E-state index is 0.0800. The van der Waals surface area contributed by atoms with E-state index in [1.54, 1.807) is 17.9 Å². The van der Waals surface area contributed by atoms with Crippen LogP contribution in [-0.2, 0) is 11.3 Å². The fourth-order valence-corrected chi connectivity index (χ4v) is 1.46. The zero-order valence-corrected chi connectivity index (χ0v) is 9.33. The Bertz CT molecular complexity index is 360. The quantitative estimate of drug-likeness (QED) is 0.552. The Morgan fingerprint density at radius 3 is 3.13 bits per heavy atom. The maximum atomic E-state index is 11.7. The summed E-state index contributed by atoms with van der Waals surface area (Å²) in [5, 5.41) is 4.38. The molecule has 0 saturated carbocycles. The van der Waals surface area contributed by atoms with Gasteiger partial charge in [-0.2, -0.15) is 5.10 Å². The van der Waals surface area contributed by atoms with Crippen LogP contribution in [-0.4, -0.2) is 29.3 Å². The van der Waals surface area contributed by atoms with Gasteiger partial charge >= 0.3 is 0 Å². The van der Waals surface area contributed by atoms with Gasteiger partial charge in [0.25, 0.3) is 0 Å². The van der Waals surface area contributed by atoms with Crippen LogP contribution in [0, 0.1) is 0 Å². The fourth-order valence-electron chi connectivity index (χ4n) is 1.21. The molecule has 1 aromatic heterocycles. The maximum Gasteiger partial charge on any atom is 0.186 e. The van der Waals surface area contributed by atoms with Crippen molar-refractivity contribution in [3.05, 3.63) is 29.6 Å². The third kappa shape index (κ3) is 2.91. The summed E-state index contributed by atoms with van der Waals surface area (Å²) in [5.74, 6) is -0.0800. The van der Waals surface area contributed by atoms with Gasteiger partial charge in [0, 0.05) is 13.5 Å². The Labute approximate surface area is 93.5 Å². The van der Waals surface area contributed by atoms with E-state index in [4.69, 9.17) is 16.3 Å². The summed E-state index contributed by atoms with van der Waals surface area (Å²) < 4.78 is 6.47. The Morgan fingerprint density at radius 1 is 1.80 bits per heavy atom. The predicted molar refractivity (Wildman–Crippen MR) is 58.3 cm³/mol. The minimum atomic E-state index is -0.0800. The van der Waals surface area contributed by atoms with Crippen molar-refractivity contribution < 1.29 is 9.53 Å². The molecule has 0 amide bonds. The molecule has 0 N–H and O–H groups in total. The summed E-state index contributed by atoms with van der Waals surface area (Å²) in [4.78, 5) is 11.7. The van der Waals surface area contributed by atoms with Crippen molar-refractivity contribution >= 4 is 17.4 Å². The molecule has 0 saturated heterocycles. The molecule has 0 aliphatic rings. The standard InChI is InChI=1S/C10H13ClN2O2/c1-3-4-9(14)10-8(11)7-12-13(10)5-6-15-2/h3,7H,1,4-6H2,2H3. The molecule has 0 unspecified atom stereocenters. The average molecular weight is 229 g/mol. The number of nitrogens with zero attached hydrogens (tertiary/aromatic N) is 2. The fraction of sp³-hybridized carbons (Fsp3) is 0.400. The number of hydrogen-bond acceptors (Lipinski definition) is 3. The van der Waals surface area contributed by atoms with Gasteiger partial charge in [0.2, 0.25) is 0 Å². The smallest absolute Gasteiger partial charge is 0.186 e. The summed E-state index contributed by atoms with van der Waals surface area (Å²) >= 11 is 5.88. The molecule has 5 heteroatoms. The van der Waals surface area contributed by atoms with Crippen LogP contribution < -0.4 is 0 Å². The molecule has 0 aromatic carbocycles. The van der Waals surface area contributed by atoms with E-state index in [-0.39, 0.29) is 12.2 Å². The number of hydrogen-bond donors (Lipinski definition) is 0. The lowest BCUT2D eigenvalue weighted by Gasteiger charge is -2.05. The Kier molecular flexibility index (Phi) is 4.52. The van der Waals surface area contributed by atoms with Crippen molar-refractivity contribution in [2.24, 2.45) is 0 Å². The van der Waals surface area contributed by atoms with Crippen molar-refractivity contribution in [2.45, 2.75) is 13.0 Å². The summed E-state index contributed by atoms with van der Waals surface area (Å²) in [7, 11) is 1.59. The van der Waals surface area contributed by atoms with E-state index in [2.05, 4.69) is 11.7 Å². The lowest BCUT2D eigenvalue weighted by atomic mass is 10.2. The number of aromatic nitrogens is 2. The van der Waals surface area contributed by atoms with E-state index in [9.17, 15) is 4.79 Å². The first-order valence-corrected chi connectivity index (χ1v) is 4.92. The average Bonchev–Trinajstić information content (AvgIpc) is 2.57. The molecule has 0 aliphatic carbocycles. The molecular formula is C10H13ClN2O2. The number of Topliss-reactive ketones (excluding diaryl/α,β-unsaturated/α-hetero) is 1. The van der Waals surface area contributed by atoms with Crippen molar-refractivity contribution in [3.8, 4) is 0 Å². The second-order valence-electron chi connectivity index (χ2n) is 2.97. The molecule has 0 atom stereocenters. The first kappa shape index (κ1) is 11.9. The van der Waals surface area contributed by atoms with Gasteiger partial charge in [0.1, 0.15) is 5.69 Å². The van der Waals surface area contributed by atoms with Crippen LogP contribution in [0.5, 0.6) is 0 Å². The summed E-state index contributed by atoms with van der Waals surface area (Å²) in [6.07, 6.45) is 3.28. The van der Waals surface area contributed by atoms with Crippen LogP contribution in [0.2, 0.25) is 5.02 Å². The highest BCUT2D eigenvalue weighted by atomic mass is 35.5. The zero-order valence-electron chi connectivity index (χ0n) is 8.57. The summed E-state index contributed by atoms with van der Waals surface area (Å²) in [6, 6.07) is 0. The van der Waals surface area contributed by atoms with Crippen molar-refractivity contribution in [1.82, 2.24) is 9.78 Å². The van der Waals surface area contributed by atoms with E-state index in [0.717, 1.165) is 0 Å². The van der Waals surface area contributed by atoms with E-state index < -0.39 is 0 Å². The number of methoxy groups -OCH3 is 1. The van der Waals surface area contributed by atoms with E-state index >= 15 is 0 Å². The lowest BCUT2D eigenvalue weighted by Crippen LogP contribution is -2.13. The Morgan fingerprint density at radius 2 is 2.53 bits per heavy atom. The van der Waals surface area contributed by atoms with Crippen LogP contribution in [0.4, 0.5) is 0 Å². The third-order valence-electron chi connectivity index (χ3n) is 1.90. The molecule has 0 fully saturated rings. The van der Waals surface area contributed by atoms with Gasteiger partial charge in [0.05, 0.1) is 24.4 Å². The monoisotopic (exact) mass is 228 g/mol. The number of carbonyl (C=O) groups excluding carboxylic acids is 1. The second-order valence-corrected chi connectivity index (χ2v) is 3.38. The zero-order chi connectivity index (χ0) is 11.3. The SMILES string of the molecule is C=CCC(=O)c1c(Cl)cnn1CCOC. The number of ether oxygens (including phenoxy) is 1. The molecule has 0 aliphatic heterocycles. The van der Waals surface area contributed by atoms with Crippen molar-refractivity contribution in [3.63, 3.8) is 0 Å². The topological polar surface area (TPSA) is 44.1 Å². The first-order chi connectivity index (χ1) is 7.20. The highest BCUT2D eigenvalue weighted by Gasteiger charge is 2.15. The summed E-state index contributed by atoms with van der Waals surface area (Å²) in [6.45, 7) is 4.52. The highest BCUT2D eigenvalue weighted by Crippen LogP contribution is 2.17. The van der Waals surface area contributed by atoms with Crippen LogP contribution in [0.25, 0.3) is 0 Å². The van der Waals surface area contributed by atoms with Crippen LogP contribution in [0.3, 0.4) is 0 Å². The number of ketones is 1. The molecule has 1 rings (SSSR count). The molecule has 4 nitrogen and oxygen atoms in total. The molecular weight excluding hydrogens is 216 g/mol. The van der Waals surface area contributed by atoms with E-state index in [1.807, 2.05) is 0 Å². The molecule has 0 bridgehead atoms. The van der Waals surface area contributed by atoms with Gasteiger partial charge in [-0.05, 0) is 0 Å². The van der Waals surface area contributed by atoms with Gasteiger partial charge in [-0.1, -0.05) is 17.7 Å². The molecule has 0 spiro atoms. The number of allylic oxidation sites excluding steroid dienone is 1. The number of carbonyl (C=O) groups is 1. The van der Waals surface area contributed by atoms with Crippen LogP contribution >= 0.6 is 11.6 Å². The normalized spacial score (nSPS) is 10.3. The maximum absolute atomic E-state index is 11.7. The molecule has 1 heterocycles. The van der Waals surface area contributed by atoms with Gasteiger partial charge in [-0.15, -0.1) is 6.58 Å². The Balaban J connectivity index is 2.88. The summed E-state index contributed by atoms with van der Waals surface area (Å²) in [5.41, 5.74) is 0.425. The van der Waals surface area contributed by atoms with Gasteiger partial charge in [-0.25, -0.2) is 0 Å². The van der Waals surface area contributed by atoms with E-state index in [0.29, 0.717) is 23.9 Å².